The first kappa shape index (κ1) is 18.3. The molecule has 6 nitrogen and oxygen atoms in total. The van der Waals surface area contributed by atoms with Crippen molar-refractivity contribution in [3.05, 3.63) is 83.4 Å². The molecule has 3 aromatic rings. The number of carbonyl (C=O) groups excluding carboxylic acids is 2. The quantitative estimate of drug-likeness (QED) is 0.717. The van der Waals surface area contributed by atoms with E-state index in [0.717, 1.165) is 0 Å². The zero-order chi connectivity index (χ0) is 20.4. The maximum absolute atomic E-state index is 13.1. The minimum absolute atomic E-state index is 0.193. The van der Waals surface area contributed by atoms with Crippen LogP contribution in [0.15, 0.2) is 66.7 Å². The van der Waals surface area contributed by atoms with Crippen molar-refractivity contribution in [3.63, 3.8) is 0 Å². The van der Waals surface area contributed by atoms with Crippen molar-refractivity contribution in [1.82, 2.24) is 0 Å². The average Bonchev–Trinajstić information content (AvgIpc) is 2.87. The van der Waals surface area contributed by atoms with E-state index in [2.05, 4.69) is 5.32 Å². The number of anilines is 2. The van der Waals surface area contributed by atoms with Crippen LogP contribution in [-0.2, 0) is 0 Å². The summed E-state index contributed by atoms with van der Waals surface area (Å²) in [4.78, 5) is 27.3. The molecule has 142 valence electrons. The summed E-state index contributed by atoms with van der Waals surface area (Å²) in [6.07, 6.45) is 0. The summed E-state index contributed by atoms with van der Waals surface area (Å²) in [5, 5.41) is 11.7. The van der Waals surface area contributed by atoms with Gasteiger partial charge in [0.25, 0.3) is 11.8 Å². The number of rotatable bonds is 3. The Morgan fingerprint density at radius 3 is 2.55 bits per heavy atom. The third-order valence-corrected chi connectivity index (χ3v) is 4.68. The van der Waals surface area contributed by atoms with Crippen LogP contribution < -0.4 is 15.0 Å². The fourth-order valence-electron chi connectivity index (χ4n) is 3.22. The lowest BCUT2D eigenvalue weighted by Crippen LogP contribution is -2.29. The number of ether oxygens (including phenoxy) is 1. The van der Waals surface area contributed by atoms with Crippen LogP contribution in [0.3, 0.4) is 0 Å². The molecule has 1 N–H and O–H groups in total. The molecule has 2 amide bonds. The highest BCUT2D eigenvalue weighted by Crippen LogP contribution is 2.39. The monoisotopic (exact) mass is 383 g/mol. The van der Waals surface area contributed by atoms with Gasteiger partial charge in [-0.25, -0.2) is 0 Å². The Kier molecular flexibility index (Phi) is 4.71. The minimum atomic E-state index is -0.327. The van der Waals surface area contributed by atoms with Gasteiger partial charge in [0, 0.05) is 17.8 Å². The van der Waals surface area contributed by atoms with E-state index in [1.165, 1.54) is 0 Å². The van der Waals surface area contributed by atoms with Crippen LogP contribution in [0.2, 0.25) is 0 Å². The molecule has 1 aliphatic heterocycles. The second-order valence-corrected chi connectivity index (χ2v) is 6.47. The highest BCUT2D eigenvalue weighted by molar-refractivity contribution is 6.11. The van der Waals surface area contributed by atoms with Gasteiger partial charge in [0.2, 0.25) is 0 Å². The third-order valence-electron chi connectivity index (χ3n) is 4.68. The van der Waals surface area contributed by atoms with Crippen LogP contribution in [0.4, 0.5) is 11.4 Å². The van der Waals surface area contributed by atoms with E-state index in [9.17, 15) is 9.59 Å². The van der Waals surface area contributed by atoms with Gasteiger partial charge in [0.05, 0.1) is 22.9 Å². The van der Waals surface area contributed by atoms with Gasteiger partial charge in [-0.2, -0.15) is 5.26 Å². The average molecular weight is 383 g/mol. The number of nitrogens with zero attached hydrogens (tertiary/aromatic N) is 2. The number of carbonyl (C=O) groups is 2. The second-order valence-electron chi connectivity index (χ2n) is 6.47. The van der Waals surface area contributed by atoms with Crippen LogP contribution in [0.1, 0.15) is 33.2 Å². The summed E-state index contributed by atoms with van der Waals surface area (Å²) >= 11 is 0. The van der Waals surface area contributed by atoms with E-state index >= 15 is 0 Å². The number of hydrogen-bond donors (Lipinski definition) is 1. The molecule has 6 heteroatoms. The van der Waals surface area contributed by atoms with Crippen molar-refractivity contribution in [2.75, 3.05) is 16.8 Å². The molecule has 3 aromatic carbocycles. The molecule has 0 spiro atoms. The molecule has 0 fully saturated rings. The van der Waals surface area contributed by atoms with E-state index < -0.39 is 0 Å². The van der Waals surface area contributed by atoms with Crippen molar-refractivity contribution >= 4 is 23.2 Å². The molecule has 1 heterocycles. The van der Waals surface area contributed by atoms with Crippen LogP contribution in [0.25, 0.3) is 0 Å². The Morgan fingerprint density at radius 1 is 1.07 bits per heavy atom. The van der Waals surface area contributed by atoms with Crippen LogP contribution >= 0.6 is 0 Å². The molecule has 0 bridgehead atoms. The van der Waals surface area contributed by atoms with Gasteiger partial charge >= 0.3 is 0 Å². The lowest BCUT2D eigenvalue weighted by Gasteiger charge is -2.19. The molecule has 0 unspecified atom stereocenters. The Bertz CT molecular complexity index is 1150. The molecule has 0 saturated carbocycles. The summed E-state index contributed by atoms with van der Waals surface area (Å²) in [5.74, 6) is 0.527. The molecule has 0 atom stereocenters. The molecular formula is C23H17N3O3. The van der Waals surface area contributed by atoms with Crippen molar-refractivity contribution in [3.8, 4) is 17.6 Å². The van der Waals surface area contributed by atoms with Crippen LogP contribution in [0, 0.1) is 11.3 Å². The number of para-hydroxylation sites is 2. The number of benzene rings is 3. The summed E-state index contributed by atoms with van der Waals surface area (Å²) in [6.45, 7) is 2.39. The normalized spacial score (nSPS) is 12.1. The largest absolute Gasteiger partial charge is 0.454 e. The molecule has 0 aliphatic carbocycles. The molecule has 0 aromatic heterocycles. The third kappa shape index (κ3) is 3.42. The Balaban J connectivity index is 1.65. The number of nitrogens with one attached hydrogen (secondary N) is 1. The summed E-state index contributed by atoms with van der Waals surface area (Å²) in [6, 6.07) is 20.7. The van der Waals surface area contributed by atoms with E-state index in [1.54, 1.807) is 47.4 Å². The standard InChI is InChI=1S/C23H17N3O3/c1-2-26-19-5-3-4-6-21(19)29-20-12-11-17(13-18(20)23(26)28)25-22(27)16-9-7-15(14-24)8-10-16/h3-13H,2H2,1H3,(H,25,27). The van der Waals surface area contributed by atoms with Gasteiger partial charge in [-0.15, -0.1) is 0 Å². The first-order valence-electron chi connectivity index (χ1n) is 9.15. The maximum atomic E-state index is 13.1. The molecule has 29 heavy (non-hydrogen) atoms. The van der Waals surface area contributed by atoms with E-state index in [4.69, 9.17) is 10.00 Å². The molecular weight excluding hydrogens is 366 g/mol. The zero-order valence-electron chi connectivity index (χ0n) is 15.7. The van der Waals surface area contributed by atoms with Crippen LogP contribution in [-0.4, -0.2) is 18.4 Å². The fourth-order valence-corrected chi connectivity index (χ4v) is 3.22. The number of fused-ring (bicyclic) bond motifs is 2. The van der Waals surface area contributed by atoms with E-state index in [0.29, 0.717) is 46.1 Å². The van der Waals surface area contributed by atoms with Crippen molar-refractivity contribution in [1.29, 1.82) is 5.26 Å². The number of amides is 2. The van der Waals surface area contributed by atoms with Crippen molar-refractivity contribution in [2.45, 2.75) is 6.92 Å². The molecule has 1 aliphatic rings. The predicted molar refractivity (Wildman–Crippen MR) is 109 cm³/mol. The highest BCUT2D eigenvalue weighted by Gasteiger charge is 2.27. The summed E-state index contributed by atoms with van der Waals surface area (Å²) in [7, 11) is 0. The molecule has 4 rings (SSSR count). The van der Waals surface area contributed by atoms with Crippen molar-refractivity contribution in [2.24, 2.45) is 0 Å². The first-order chi connectivity index (χ1) is 14.1. The van der Waals surface area contributed by atoms with Gasteiger partial charge in [-0.1, -0.05) is 12.1 Å². The minimum Gasteiger partial charge on any atom is -0.454 e. The topological polar surface area (TPSA) is 82.4 Å². The number of nitriles is 1. The Hall–Kier alpha value is -4.11. The highest BCUT2D eigenvalue weighted by atomic mass is 16.5. The van der Waals surface area contributed by atoms with Gasteiger partial charge in [0.1, 0.15) is 5.75 Å². The predicted octanol–water partition coefficient (Wildman–Crippen LogP) is 4.58. The fraction of sp³-hybridized carbons (Fsp3) is 0.0870. The Morgan fingerprint density at radius 2 is 1.83 bits per heavy atom. The molecule has 0 radical (unpaired) electrons. The smallest absolute Gasteiger partial charge is 0.262 e. The van der Waals surface area contributed by atoms with Gasteiger partial charge in [-0.05, 0) is 61.5 Å². The van der Waals surface area contributed by atoms with Gasteiger partial charge in [-0.3, -0.25) is 9.59 Å². The van der Waals surface area contributed by atoms with Crippen molar-refractivity contribution < 1.29 is 14.3 Å². The lowest BCUT2D eigenvalue weighted by molar-refractivity contribution is 0.0985. The Labute approximate surface area is 168 Å². The zero-order valence-corrected chi connectivity index (χ0v) is 15.7. The molecule has 0 saturated heterocycles. The van der Waals surface area contributed by atoms with Gasteiger partial charge in [0.15, 0.2) is 5.75 Å². The summed E-state index contributed by atoms with van der Waals surface area (Å²) < 4.78 is 5.97. The van der Waals surface area contributed by atoms with Crippen LogP contribution in [0.5, 0.6) is 11.5 Å². The summed E-state index contributed by atoms with van der Waals surface area (Å²) in [5.41, 5.74) is 2.47. The second kappa shape index (κ2) is 7.49. The van der Waals surface area contributed by atoms with E-state index in [-0.39, 0.29) is 11.8 Å². The maximum Gasteiger partial charge on any atom is 0.262 e. The van der Waals surface area contributed by atoms with Gasteiger partial charge < -0.3 is 15.0 Å². The lowest BCUT2D eigenvalue weighted by atomic mass is 10.1. The first-order valence-corrected chi connectivity index (χ1v) is 9.15. The van der Waals surface area contributed by atoms with E-state index in [1.807, 2.05) is 37.3 Å². The number of hydrogen-bond acceptors (Lipinski definition) is 4. The SMILES string of the molecule is CCN1C(=O)c2cc(NC(=O)c3ccc(C#N)cc3)ccc2Oc2ccccc21.